The van der Waals surface area contributed by atoms with Crippen LogP contribution in [0.5, 0.6) is 11.5 Å². The van der Waals surface area contributed by atoms with Gasteiger partial charge in [-0.3, -0.25) is 20.2 Å². The van der Waals surface area contributed by atoms with Gasteiger partial charge < -0.3 is 15.4 Å². The van der Waals surface area contributed by atoms with E-state index in [0.29, 0.717) is 34.2 Å². The molecule has 0 atom stereocenters. The van der Waals surface area contributed by atoms with E-state index in [-0.39, 0.29) is 33.4 Å². The normalized spacial score (nSPS) is 11.0. The van der Waals surface area contributed by atoms with Crippen LogP contribution in [-0.4, -0.2) is 30.5 Å². The summed E-state index contributed by atoms with van der Waals surface area (Å²) >= 11 is 0. The topological polar surface area (TPSA) is 197 Å². The highest BCUT2D eigenvalue weighted by molar-refractivity contribution is 5.95. The largest absolute Gasteiger partial charge is 0.457 e. The van der Waals surface area contributed by atoms with E-state index < -0.39 is 9.85 Å². The van der Waals surface area contributed by atoms with Crippen molar-refractivity contribution in [1.29, 1.82) is 0 Å². The fourth-order valence-electron chi connectivity index (χ4n) is 3.86. The van der Waals surface area contributed by atoms with E-state index in [0.717, 1.165) is 0 Å². The molecule has 2 N–H and O–H groups in total. The van der Waals surface area contributed by atoms with Gasteiger partial charge in [-0.2, -0.15) is 0 Å². The van der Waals surface area contributed by atoms with Crippen molar-refractivity contribution >= 4 is 56.2 Å². The SMILES string of the molecule is O=[N+]([O-])c1ccc(Nc2ccc(Oc3ccc(Nc4ccc([N+](=O)[O-])c5nonc45)cc3)cc2)c2nonc12. The molecule has 39 heavy (non-hydrogen) atoms. The van der Waals surface area contributed by atoms with Crippen LogP contribution in [0, 0.1) is 20.2 Å². The van der Waals surface area contributed by atoms with E-state index in [2.05, 4.69) is 40.5 Å². The third-order valence-corrected chi connectivity index (χ3v) is 5.68. The standard InChI is InChI=1S/C24H14N8O7/c33-31(34)19-11-9-17(21-23(19)29-38-27-21)25-13-1-5-15(6-2-13)37-16-7-3-14(4-8-16)26-18-10-12-20(32(35)36)24-22(18)28-39-30-24/h1-12,25-26H. The molecule has 0 fully saturated rings. The lowest BCUT2D eigenvalue weighted by Crippen LogP contribution is -1.95. The number of benzene rings is 4. The zero-order valence-corrected chi connectivity index (χ0v) is 19.5. The molecule has 15 nitrogen and oxygen atoms in total. The van der Waals surface area contributed by atoms with Crippen LogP contribution in [-0.2, 0) is 0 Å². The minimum absolute atomic E-state index is 0.0542. The Morgan fingerprint density at radius 1 is 0.564 bits per heavy atom. The van der Waals surface area contributed by atoms with Crippen LogP contribution in [0.3, 0.4) is 0 Å². The van der Waals surface area contributed by atoms with E-state index in [9.17, 15) is 20.2 Å². The molecule has 0 saturated carbocycles. The summed E-state index contributed by atoms with van der Waals surface area (Å²) in [6.45, 7) is 0. The van der Waals surface area contributed by atoms with E-state index in [1.165, 1.54) is 24.3 Å². The average Bonchev–Trinajstić information content (AvgIpc) is 3.62. The Bertz CT molecular complexity index is 1710. The summed E-state index contributed by atoms with van der Waals surface area (Å²) in [5.74, 6) is 1.15. The maximum absolute atomic E-state index is 11.2. The number of nitro groups is 2. The van der Waals surface area contributed by atoms with E-state index >= 15 is 0 Å². The van der Waals surface area contributed by atoms with Gasteiger partial charge in [0.25, 0.3) is 0 Å². The van der Waals surface area contributed by atoms with Gasteiger partial charge in [-0.25, -0.2) is 9.26 Å². The Hall–Kier alpha value is -6.12. The number of nitrogens with one attached hydrogen (secondary N) is 2. The fourth-order valence-corrected chi connectivity index (χ4v) is 3.86. The number of aromatic nitrogens is 4. The number of fused-ring (bicyclic) bond motifs is 2. The molecule has 4 aromatic carbocycles. The molecule has 192 valence electrons. The molecule has 2 heterocycles. The number of nitrogens with zero attached hydrogens (tertiary/aromatic N) is 6. The van der Waals surface area contributed by atoms with Crippen molar-refractivity contribution in [3.05, 3.63) is 93.0 Å². The number of non-ortho nitro benzene ring substituents is 2. The zero-order valence-electron chi connectivity index (χ0n) is 19.5. The summed E-state index contributed by atoms with van der Waals surface area (Å²) in [5.41, 5.74) is 2.59. The van der Waals surface area contributed by atoms with Crippen molar-refractivity contribution in [2.75, 3.05) is 10.6 Å². The van der Waals surface area contributed by atoms with Gasteiger partial charge in [-0.1, -0.05) is 0 Å². The smallest absolute Gasteiger partial charge is 0.300 e. The highest BCUT2D eigenvalue weighted by atomic mass is 16.6. The van der Waals surface area contributed by atoms with Gasteiger partial charge in [0.2, 0.25) is 11.0 Å². The molecule has 0 aliphatic heterocycles. The van der Waals surface area contributed by atoms with E-state index in [1.54, 1.807) is 48.5 Å². The maximum atomic E-state index is 11.2. The van der Waals surface area contributed by atoms with Crippen molar-refractivity contribution in [2.24, 2.45) is 0 Å². The van der Waals surface area contributed by atoms with Gasteiger partial charge in [-0.05, 0) is 81.3 Å². The van der Waals surface area contributed by atoms with Gasteiger partial charge in [0.05, 0.1) is 21.2 Å². The molecule has 6 aromatic rings. The van der Waals surface area contributed by atoms with Crippen molar-refractivity contribution < 1.29 is 23.8 Å². The van der Waals surface area contributed by atoms with Gasteiger partial charge in [0, 0.05) is 23.5 Å². The van der Waals surface area contributed by atoms with Gasteiger partial charge in [0.15, 0.2) is 11.0 Å². The van der Waals surface area contributed by atoms with Crippen LogP contribution in [0.4, 0.5) is 34.1 Å². The second-order valence-corrected chi connectivity index (χ2v) is 8.10. The van der Waals surface area contributed by atoms with E-state index in [4.69, 9.17) is 4.74 Å². The fraction of sp³-hybridized carbons (Fsp3) is 0. The number of rotatable bonds is 8. The number of anilines is 4. The highest BCUT2D eigenvalue weighted by Crippen LogP contribution is 2.33. The minimum Gasteiger partial charge on any atom is -0.457 e. The monoisotopic (exact) mass is 526 g/mol. The van der Waals surface area contributed by atoms with Crippen LogP contribution < -0.4 is 15.4 Å². The first-order valence-corrected chi connectivity index (χ1v) is 11.2. The third kappa shape index (κ3) is 4.46. The van der Waals surface area contributed by atoms with Gasteiger partial charge >= 0.3 is 11.4 Å². The average molecular weight is 526 g/mol. The predicted molar refractivity (Wildman–Crippen MR) is 136 cm³/mol. The van der Waals surface area contributed by atoms with Gasteiger partial charge in [-0.15, -0.1) is 0 Å². The number of hydrogen-bond acceptors (Lipinski definition) is 13. The van der Waals surface area contributed by atoms with Crippen LogP contribution in [0.15, 0.2) is 82.1 Å². The van der Waals surface area contributed by atoms with Crippen LogP contribution in [0.25, 0.3) is 22.1 Å². The van der Waals surface area contributed by atoms with Crippen molar-refractivity contribution in [3.8, 4) is 11.5 Å². The highest BCUT2D eigenvalue weighted by Gasteiger charge is 2.21. The van der Waals surface area contributed by atoms with Gasteiger partial charge in [0.1, 0.15) is 11.5 Å². The van der Waals surface area contributed by atoms with Crippen molar-refractivity contribution in [2.45, 2.75) is 0 Å². The molecule has 15 heteroatoms. The molecule has 6 rings (SSSR count). The molecule has 0 bridgehead atoms. The maximum Gasteiger partial charge on any atom is 0.300 e. The number of ether oxygens (including phenoxy) is 1. The summed E-state index contributed by atoms with van der Waals surface area (Å²) in [7, 11) is 0. The Morgan fingerprint density at radius 2 is 0.949 bits per heavy atom. The molecule has 0 spiro atoms. The first kappa shape index (κ1) is 23.3. The Balaban J connectivity index is 1.13. The molecule has 0 amide bonds. The first-order valence-electron chi connectivity index (χ1n) is 11.2. The summed E-state index contributed by atoms with van der Waals surface area (Å²) in [5, 5.41) is 43.4. The van der Waals surface area contributed by atoms with Crippen LogP contribution in [0.2, 0.25) is 0 Å². The molecule has 0 unspecified atom stereocenters. The zero-order chi connectivity index (χ0) is 26.9. The second-order valence-electron chi connectivity index (χ2n) is 8.10. The van der Waals surface area contributed by atoms with Crippen LogP contribution >= 0.6 is 0 Å². The lowest BCUT2D eigenvalue weighted by atomic mass is 10.2. The summed E-state index contributed by atoms with van der Waals surface area (Å²) in [6.07, 6.45) is 0. The van der Waals surface area contributed by atoms with Crippen LogP contribution in [0.1, 0.15) is 0 Å². The molecule has 0 aliphatic carbocycles. The summed E-state index contributed by atoms with van der Waals surface area (Å²) in [6, 6.07) is 19.8. The van der Waals surface area contributed by atoms with Crippen molar-refractivity contribution in [3.63, 3.8) is 0 Å². The Kier molecular flexibility index (Phi) is 5.61. The van der Waals surface area contributed by atoms with Crippen molar-refractivity contribution in [1.82, 2.24) is 20.6 Å². The lowest BCUT2D eigenvalue weighted by Gasteiger charge is -2.10. The molecule has 0 saturated heterocycles. The summed E-state index contributed by atoms with van der Waals surface area (Å²) < 4.78 is 15.3. The Labute approximate surface area is 216 Å². The Morgan fingerprint density at radius 3 is 1.33 bits per heavy atom. The summed E-state index contributed by atoms with van der Waals surface area (Å²) in [4.78, 5) is 21.2. The quantitative estimate of drug-likeness (QED) is 0.177. The molecule has 2 aromatic heterocycles. The molecular weight excluding hydrogens is 512 g/mol. The molecule has 0 aliphatic rings. The predicted octanol–water partition coefficient (Wildman–Crippen LogP) is 5.85. The molecule has 0 radical (unpaired) electrons. The second kappa shape index (κ2) is 9.40. The number of hydrogen-bond donors (Lipinski definition) is 2. The first-order chi connectivity index (χ1) is 19.0. The third-order valence-electron chi connectivity index (χ3n) is 5.68. The lowest BCUT2D eigenvalue weighted by molar-refractivity contribution is -0.383. The molecular formula is C24H14N8O7. The minimum atomic E-state index is -0.548. The van der Waals surface area contributed by atoms with E-state index in [1.807, 2.05) is 0 Å². The number of nitro benzene ring substituents is 2.